The summed E-state index contributed by atoms with van der Waals surface area (Å²) >= 11 is 1.62. The van der Waals surface area contributed by atoms with E-state index in [-0.39, 0.29) is 6.42 Å². The zero-order valence-electron chi connectivity index (χ0n) is 13.6. The predicted octanol–water partition coefficient (Wildman–Crippen LogP) is 4.29. The van der Waals surface area contributed by atoms with Gasteiger partial charge in [0.2, 0.25) is 0 Å². The minimum absolute atomic E-state index is 0.00679. The Morgan fingerprint density at radius 3 is 2.92 bits per heavy atom. The molecule has 0 spiro atoms. The summed E-state index contributed by atoms with van der Waals surface area (Å²) in [6, 6.07) is 13.7. The summed E-state index contributed by atoms with van der Waals surface area (Å²) in [6.07, 6.45) is -0.00679. The fourth-order valence-electron chi connectivity index (χ4n) is 2.96. The van der Waals surface area contributed by atoms with Gasteiger partial charge in [-0.2, -0.15) is 0 Å². The summed E-state index contributed by atoms with van der Waals surface area (Å²) in [5.74, 6) is -0.137. The average Bonchev–Trinajstić information content (AvgIpc) is 3.13. The number of H-pyrrole nitrogens is 1. The minimum Gasteiger partial charge on any atom is -0.486 e. The maximum absolute atomic E-state index is 11.1. The number of fused-ring (bicyclic) bond motifs is 2. The standard InChI is InChI=1S/C19H16N2O3S/c1-11-13(9-19(22)23)14-8-12(6-7-15(14)20-11)24-10-18-21-16-4-2-3-5-17(16)25-18/h2-8,20H,9-10H2,1H3,(H,22,23). The van der Waals surface area contributed by atoms with E-state index >= 15 is 0 Å². The van der Waals surface area contributed by atoms with Crippen LogP contribution in [-0.4, -0.2) is 21.0 Å². The fraction of sp³-hybridized carbons (Fsp3) is 0.158. The number of para-hydroxylation sites is 1. The van der Waals surface area contributed by atoms with Crippen molar-refractivity contribution in [1.29, 1.82) is 0 Å². The number of hydrogen-bond acceptors (Lipinski definition) is 4. The molecule has 0 atom stereocenters. The van der Waals surface area contributed by atoms with Crippen molar-refractivity contribution in [3.63, 3.8) is 0 Å². The maximum Gasteiger partial charge on any atom is 0.307 e. The molecule has 2 aromatic heterocycles. The Morgan fingerprint density at radius 1 is 1.28 bits per heavy atom. The van der Waals surface area contributed by atoms with Crippen LogP contribution in [0.25, 0.3) is 21.1 Å². The first kappa shape index (κ1) is 15.7. The highest BCUT2D eigenvalue weighted by atomic mass is 32.1. The summed E-state index contributed by atoms with van der Waals surface area (Å²) in [7, 11) is 0. The van der Waals surface area contributed by atoms with Gasteiger partial charge in [-0.05, 0) is 42.8 Å². The van der Waals surface area contributed by atoms with Gasteiger partial charge < -0.3 is 14.8 Å². The van der Waals surface area contributed by atoms with Crippen LogP contribution in [0.3, 0.4) is 0 Å². The lowest BCUT2D eigenvalue weighted by Gasteiger charge is -2.05. The molecule has 0 saturated carbocycles. The molecule has 0 unspecified atom stereocenters. The number of rotatable bonds is 5. The summed E-state index contributed by atoms with van der Waals surface area (Å²) in [6.45, 7) is 2.28. The number of carbonyl (C=O) groups is 1. The molecule has 6 heteroatoms. The quantitative estimate of drug-likeness (QED) is 0.562. The second-order valence-corrected chi connectivity index (χ2v) is 6.99. The van der Waals surface area contributed by atoms with Crippen molar-refractivity contribution in [1.82, 2.24) is 9.97 Å². The average molecular weight is 352 g/mol. The van der Waals surface area contributed by atoms with E-state index in [2.05, 4.69) is 9.97 Å². The molecule has 25 heavy (non-hydrogen) atoms. The number of benzene rings is 2. The van der Waals surface area contributed by atoms with Gasteiger partial charge in [0.05, 0.1) is 16.6 Å². The minimum atomic E-state index is -0.843. The molecule has 0 aliphatic heterocycles. The van der Waals surface area contributed by atoms with Crippen LogP contribution in [0, 0.1) is 6.92 Å². The van der Waals surface area contributed by atoms with Crippen molar-refractivity contribution in [3.8, 4) is 5.75 Å². The van der Waals surface area contributed by atoms with Crippen LogP contribution in [0.1, 0.15) is 16.3 Å². The van der Waals surface area contributed by atoms with Gasteiger partial charge in [-0.3, -0.25) is 4.79 Å². The number of hydrogen-bond donors (Lipinski definition) is 2. The first-order chi connectivity index (χ1) is 12.1. The third-order valence-corrected chi connectivity index (χ3v) is 5.13. The molecular weight excluding hydrogens is 336 g/mol. The Labute approximate surface area is 147 Å². The highest BCUT2D eigenvalue weighted by Crippen LogP contribution is 2.28. The van der Waals surface area contributed by atoms with Crippen molar-refractivity contribution >= 4 is 38.4 Å². The zero-order chi connectivity index (χ0) is 17.4. The summed E-state index contributed by atoms with van der Waals surface area (Å²) in [5, 5.41) is 10.9. The van der Waals surface area contributed by atoms with Gasteiger partial charge in [0.25, 0.3) is 0 Å². The van der Waals surface area contributed by atoms with Gasteiger partial charge in [0.15, 0.2) is 0 Å². The predicted molar refractivity (Wildman–Crippen MR) is 98.3 cm³/mol. The molecule has 0 radical (unpaired) electrons. The van der Waals surface area contributed by atoms with Gasteiger partial charge >= 0.3 is 5.97 Å². The van der Waals surface area contributed by atoms with Gasteiger partial charge in [-0.1, -0.05) is 12.1 Å². The first-order valence-electron chi connectivity index (χ1n) is 7.90. The Kier molecular flexibility index (Phi) is 3.89. The third kappa shape index (κ3) is 3.08. The third-order valence-electron chi connectivity index (χ3n) is 4.12. The molecule has 2 aromatic carbocycles. The molecule has 4 aromatic rings. The van der Waals surface area contributed by atoms with Crippen molar-refractivity contribution < 1.29 is 14.6 Å². The number of nitrogens with zero attached hydrogens (tertiary/aromatic N) is 1. The molecule has 0 aliphatic carbocycles. The molecule has 2 N–H and O–H groups in total. The Morgan fingerprint density at radius 2 is 2.12 bits per heavy atom. The Balaban J connectivity index is 1.59. The fourth-order valence-corrected chi connectivity index (χ4v) is 3.84. The number of ether oxygens (including phenoxy) is 1. The monoisotopic (exact) mass is 352 g/mol. The molecule has 2 heterocycles. The molecule has 126 valence electrons. The van der Waals surface area contributed by atoms with Crippen LogP contribution in [0.5, 0.6) is 5.75 Å². The van der Waals surface area contributed by atoms with Crippen LogP contribution in [0.4, 0.5) is 0 Å². The van der Waals surface area contributed by atoms with E-state index in [1.807, 2.05) is 49.4 Å². The summed E-state index contributed by atoms with van der Waals surface area (Å²) in [5.41, 5.74) is 3.57. The number of aliphatic carboxylic acids is 1. The second-order valence-electron chi connectivity index (χ2n) is 5.87. The normalized spacial score (nSPS) is 11.2. The number of carboxylic acids is 1. The molecule has 0 fully saturated rings. The van der Waals surface area contributed by atoms with Gasteiger partial charge in [0, 0.05) is 16.6 Å². The lowest BCUT2D eigenvalue weighted by Crippen LogP contribution is -2.00. The van der Waals surface area contributed by atoms with Gasteiger partial charge in [0.1, 0.15) is 17.4 Å². The van der Waals surface area contributed by atoms with Crippen LogP contribution in [0.2, 0.25) is 0 Å². The molecular formula is C19H16N2O3S. The van der Waals surface area contributed by atoms with Crippen molar-refractivity contribution in [2.45, 2.75) is 20.0 Å². The zero-order valence-corrected chi connectivity index (χ0v) is 14.4. The van der Waals surface area contributed by atoms with Crippen LogP contribution < -0.4 is 4.74 Å². The van der Waals surface area contributed by atoms with Gasteiger partial charge in [-0.25, -0.2) is 4.98 Å². The largest absolute Gasteiger partial charge is 0.486 e. The maximum atomic E-state index is 11.1. The lowest BCUT2D eigenvalue weighted by atomic mass is 10.1. The number of thiazole rings is 1. The van der Waals surface area contributed by atoms with Crippen molar-refractivity contribution in [3.05, 3.63) is 58.7 Å². The highest BCUT2D eigenvalue weighted by Gasteiger charge is 2.13. The van der Waals surface area contributed by atoms with Crippen LogP contribution in [0.15, 0.2) is 42.5 Å². The molecule has 0 saturated heterocycles. The molecule has 0 amide bonds. The molecule has 0 bridgehead atoms. The number of aromatic amines is 1. The number of nitrogens with one attached hydrogen (secondary N) is 1. The smallest absolute Gasteiger partial charge is 0.307 e. The number of aromatic nitrogens is 2. The Hall–Kier alpha value is -2.86. The SMILES string of the molecule is Cc1[nH]c2ccc(OCc3nc4ccccc4s3)cc2c1CC(=O)O. The van der Waals surface area contributed by atoms with E-state index in [0.717, 1.165) is 37.4 Å². The van der Waals surface area contributed by atoms with E-state index in [1.54, 1.807) is 11.3 Å². The Bertz CT molecular complexity index is 1050. The number of aryl methyl sites for hydroxylation is 1. The lowest BCUT2D eigenvalue weighted by molar-refractivity contribution is -0.136. The van der Waals surface area contributed by atoms with E-state index in [0.29, 0.717) is 12.4 Å². The second kappa shape index (κ2) is 6.22. The summed E-state index contributed by atoms with van der Waals surface area (Å²) in [4.78, 5) is 18.9. The number of carboxylic acid groups (broad SMARTS) is 1. The van der Waals surface area contributed by atoms with E-state index in [9.17, 15) is 4.79 Å². The van der Waals surface area contributed by atoms with Gasteiger partial charge in [-0.15, -0.1) is 11.3 Å². The van der Waals surface area contributed by atoms with E-state index in [4.69, 9.17) is 9.84 Å². The first-order valence-corrected chi connectivity index (χ1v) is 8.72. The summed E-state index contributed by atoms with van der Waals surface area (Å²) < 4.78 is 7.03. The van der Waals surface area contributed by atoms with Crippen molar-refractivity contribution in [2.24, 2.45) is 0 Å². The van der Waals surface area contributed by atoms with Crippen LogP contribution >= 0.6 is 11.3 Å². The highest BCUT2D eigenvalue weighted by molar-refractivity contribution is 7.18. The van der Waals surface area contributed by atoms with Crippen LogP contribution in [-0.2, 0) is 17.8 Å². The topological polar surface area (TPSA) is 75.2 Å². The molecule has 5 nitrogen and oxygen atoms in total. The molecule has 4 rings (SSSR count). The van der Waals surface area contributed by atoms with E-state index < -0.39 is 5.97 Å². The van der Waals surface area contributed by atoms with Crippen molar-refractivity contribution in [2.75, 3.05) is 0 Å². The molecule has 0 aliphatic rings. The van der Waals surface area contributed by atoms with E-state index in [1.165, 1.54) is 0 Å².